The molecular formula is C19H24BrN5. The summed E-state index contributed by atoms with van der Waals surface area (Å²) in [5, 5.41) is 0. The number of fused-ring (bicyclic) bond motifs is 1. The molecule has 0 N–H and O–H groups in total. The summed E-state index contributed by atoms with van der Waals surface area (Å²) in [5.41, 5.74) is 3.85. The highest BCUT2D eigenvalue weighted by molar-refractivity contribution is 9.10. The fourth-order valence-electron chi connectivity index (χ4n) is 3.55. The van der Waals surface area contributed by atoms with E-state index in [2.05, 4.69) is 66.9 Å². The van der Waals surface area contributed by atoms with Crippen molar-refractivity contribution in [3.05, 3.63) is 51.8 Å². The molecule has 6 heteroatoms. The third-order valence-corrected chi connectivity index (χ3v) is 5.57. The molecule has 0 amide bonds. The lowest BCUT2D eigenvalue weighted by molar-refractivity contribution is 0.242. The number of nitrogens with zero attached hydrogens (tertiary/aromatic N) is 5. The van der Waals surface area contributed by atoms with Gasteiger partial charge < -0.3 is 9.80 Å². The predicted octanol–water partition coefficient (Wildman–Crippen LogP) is 2.55. The van der Waals surface area contributed by atoms with Crippen LogP contribution in [0.5, 0.6) is 0 Å². The van der Waals surface area contributed by atoms with E-state index in [9.17, 15) is 0 Å². The van der Waals surface area contributed by atoms with Crippen LogP contribution in [0.1, 0.15) is 16.8 Å². The van der Waals surface area contributed by atoms with Gasteiger partial charge in [0.1, 0.15) is 0 Å². The first-order chi connectivity index (χ1) is 12.2. The average molecular weight is 402 g/mol. The Kier molecular flexibility index (Phi) is 5.01. The molecule has 132 valence electrons. The van der Waals surface area contributed by atoms with E-state index < -0.39 is 0 Å². The van der Waals surface area contributed by atoms with Gasteiger partial charge in [0.25, 0.3) is 0 Å². The second kappa shape index (κ2) is 7.40. The third kappa shape index (κ3) is 4.02. The third-order valence-electron chi connectivity index (χ3n) is 5.08. The minimum absolute atomic E-state index is 0.910. The largest absolute Gasteiger partial charge is 0.338 e. The molecule has 0 unspecified atom stereocenters. The molecule has 1 fully saturated rings. The Hall–Kier alpha value is -1.50. The molecule has 0 bridgehead atoms. The molecule has 1 aromatic carbocycles. The van der Waals surface area contributed by atoms with Crippen LogP contribution in [0.25, 0.3) is 0 Å². The van der Waals surface area contributed by atoms with Crippen molar-refractivity contribution in [3.8, 4) is 0 Å². The van der Waals surface area contributed by atoms with Crippen LogP contribution in [0.3, 0.4) is 0 Å². The Morgan fingerprint density at radius 3 is 2.76 bits per heavy atom. The van der Waals surface area contributed by atoms with Crippen LogP contribution in [-0.2, 0) is 19.5 Å². The molecular weight excluding hydrogens is 378 g/mol. The standard InChI is InChI=1S/C19H24BrN5/c1-23-7-9-25(10-8-23)19-21-12-16-14-24(6-5-18(16)22-19)13-15-3-2-4-17(20)11-15/h2-4,11-12H,5-10,13-14H2,1H3. The molecule has 0 spiro atoms. The minimum Gasteiger partial charge on any atom is -0.338 e. The minimum atomic E-state index is 0.910. The van der Waals surface area contributed by atoms with Crippen molar-refractivity contribution in [3.63, 3.8) is 0 Å². The molecule has 5 nitrogen and oxygen atoms in total. The van der Waals surface area contributed by atoms with Crippen LogP contribution < -0.4 is 4.90 Å². The summed E-state index contributed by atoms with van der Waals surface area (Å²) in [6.07, 6.45) is 3.05. The number of anilines is 1. The van der Waals surface area contributed by atoms with Gasteiger partial charge in [-0.15, -0.1) is 0 Å². The Balaban J connectivity index is 1.43. The lowest BCUT2D eigenvalue weighted by Gasteiger charge is -2.33. The Bertz CT molecular complexity index is 742. The predicted molar refractivity (Wildman–Crippen MR) is 104 cm³/mol. The second-order valence-corrected chi connectivity index (χ2v) is 7.94. The number of piperazine rings is 1. The summed E-state index contributed by atoms with van der Waals surface area (Å²) < 4.78 is 1.14. The first-order valence-electron chi connectivity index (χ1n) is 8.92. The normalized spacial score (nSPS) is 19.0. The van der Waals surface area contributed by atoms with Gasteiger partial charge in [-0.2, -0.15) is 0 Å². The van der Waals surface area contributed by atoms with Crippen molar-refractivity contribution in [1.29, 1.82) is 0 Å². The zero-order valence-electron chi connectivity index (χ0n) is 14.7. The Morgan fingerprint density at radius 2 is 1.96 bits per heavy atom. The number of rotatable bonds is 3. The summed E-state index contributed by atoms with van der Waals surface area (Å²) in [7, 11) is 2.17. The number of benzene rings is 1. The zero-order chi connectivity index (χ0) is 17.2. The summed E-state index contributed by atoms with van der Waals surface area (Å²) in [6, 6.07) is 8.56. The average Bonchev–Trinajstić information content (AvgIpc) is 2.62. The molecule has 2 aliphatic rings. The maximum Gasteiger partial charge on any atom is 0.225 e. The van der Waals surface area contributed by atoms with Crippen molar-refractivity contribution in [1.82, 2.24) is 19.8 Å². The van der Waals surface area contributed by atoms with E-state index in [1.165, 1.54) is 16.8 Å². The van der Waals surface area contributed by atoms with Crippen molar-refractivity contribution in [2.75, 3.05) is 44.7 Å². The van der Waals surface area contributed by atoms with Gasteiger partial charge in [-0.25, -0.2) is 9.97 Å². The van der Waals surface area contributed by atoms with Gasteiger partial charge in [0, 0.05) is 68.5 Å². The quantitative estimate of drug-likeness (QED) is 0.789. The molecule has 2 aliphatic heterocycles. The van der Waals surface area contributed by atoms with Crippen LogP contribution >= 0.6 is 15.9 Å². The molecule has 0 radical (unpaired) electrons. The maximum absolute atomic E-state index is 4.88. The highest BCUT2D eigenvalue weighted by atomic mass is 79.9. The number of hydrogen-bond donors (Lipinski definition) is 0. The Labute approximate surface area is 157 Å². The number of aromatic nitrogens is 2. The smallest absolute Gasteiger partial charge is 0.225 e. The molecule has 2 aromatic rings. The summed E-state index contributed by atoms with van der Waals surface area (Å²) in [5.74, 6) is 0.910. The van der Waals surface area contributed by atoms with Crippen LogP contribution in [0, 0.1) is 0 Å². The van der Waals surface area contributed by atoms with E-state index in [0.717, 1.165) is 62.7 Å². The van der Waals surface area contributed by atoms with Gasteiger partial charge in [-0.3, -0.25) is 4.90 Å². The molecule has 0 aliphatic carbocycles. The molecule has 25 heavy (non-hydrogen) atoms. The van der Waals surface area contributed by atoms with Crippen molar-refractivity contribution in [2.24, 2.45) is 0 Å². The van der Waals surface area contributed by atoms with Crippen LogP contribution in [0.4, 0.5) is 5.95 Å². The molecule has 1 saturated heterocycles. The highest BCUT2D eigenvalue weighted by Crippen LogP contribution is 2.22. The molecule has 3 heterocycles. The number of hydrogen-bond acceptors (Lipinski definition) is 5. The van der Waals surface area contributed by atoms with Gasteiger partial charge >= 0.3 is 0 Å². The van der Waals surface area contributed by atoms with Crippen molar-refractivity contribution < 1.29 is 0 Å². The van der Waals surface area contributed by atoms with Crippen LogP contribution in [0.15, 0.2) is 34.9 Å². The van der Waals surface area contributed by atoms with Gasteiger partial charge in [0.15, 0.2) is 0 Å². The maximum atomic E-state index is 4.88. The summed E-state index contributed by atoms with van der Waals surface area (Å²) in [4.78, 5) is 16.7. The van der Waals surface area contributed by atoms with Crippen molar-refractivity contribution >= 4 is 21.9 Å². The van der Waals surface area contributed by atoms with E-state index in [0.29, 0.717) is 0 Å². The molecule has 0 saturated carbocycles. The molecule has 0 atom stereocenters. The second-order valence-electron chi connectivity index (χ2n) is 7.02. The number of halogens is 1. The highest BCUT2D eigenvalue weighted by Gasteiger charge is 2.21. The van der Waals surface area contributed by atoms with Crippen molar-refractivity contribution in [2.45, 2.75) is 19.5 Å². The molecule has 1 aromatic heterocycles. The monoisotopic (exact) mass is 401 g/mol. The molecule has 4 rings (SSSR count). The first kappa shape index (κ1) is 16.9. The van der Waals surface area contributed by atoms with E-state index in [4.69, 9.17) is 4.98 Å². The van der Waals surface area contributed by atoms with E-state index in [-0.39, 0.29) is 0 Å². The van der Waals surface area contributed by atoms with Gasteiger partial charge in [0.05, 0.1) is 5.69 Å². The lowest BCUT2D eigenvalue weighted by atomic mass is 10.1. The lowest BCUT2D eigenvalue weighted by Crippen LogP contribution is -2.45. The van der Waals surface area contributed by atoms with Crippen LogP contribution in [-0.4, -0.2) is 59.5 Å². The van der Waals surface area contributed by atoms with E-state index >= 15 is 0 Å². The summed E-state index contributed by atoms with van der Waals surface area (Å²) >= 11 is 3.56. The van der Waals surface area contributed by atoms with E-state index in [1.54, 1.807) is 0 Å². The summed E-state index contributed by atoms with van der Waals surface area (Å²) in [6.45, 7) is 7.17. The van der Waals surface area contributed by atoms with Gasteiger partial charge in [-0.05, 0) is 24.7 Å². The van der Waals surface area contributed by atoms with Crippen LogP contribution in [0.2, 0.25) is 0 Å². The Morgan fingerprint density at radius 1 is 1.12 bits per heavy atom. The van der Waals surface area contributed by atoms with Gasteiger partial charge in [0.2, 0.25) is 5.95 Å². The first-order valence-corrected chi connectivity index (χ1v) is 9.72. The fraction of sp³-hybridized carbons (Fsp3) is 0.474. The van der Waals surface area contributed by atoms with Gasteiger partial charge in [-0.1, -0.05) is 28.1 Å². The topological polar surface area (TPSA) is 35.5 Å². The van der Waals surface area contributed by atoms with E-state index in [1.807, 2.05) is 6.20 Å². The SMILES string of the molecule is CN1CCN(c2ncc3c(n2)CCN(Cc2cccc(Br)c2)C3)CC1. The fourth-order valence-corrected chi connectivity index (χ4v) is 4.00. The number of likely N-dealkylation sites (N-methyl/N-ethyl adjacent to an activating group) is 1. The zero-order valence-corrected chi connectivity index (χ0v) is 16.2.